The third-order valence-corrected chi connectivity index (χ3v) is 27.0. The molecule has 1 aliphatic carbocycles. The Morgan fingerprint density at radius 3 is 0.458 bits per heavy atom. The average Bonchev–Trinajstić information content (AvgIpc) is 0.787. The fourth-order valence-corrected chi connectivity index (χ4v) is 22.9. The molecule has 0 atom stereocenters. The SMILES string of the molecule is CCCOc1c2cc(P(c3ccccc3)c3ccccc3)cc1Cc1cc(P(c3ccccc3)c3ccccc3)cc(c1OCCC)Cc1cc(P(c3ccccc3)c3ccccc3)cc(c1OCCC)Cc1cc(P(c3ccccc3)c3ccccc3)cc(c1OCCC)C2. The summed E-state index contributed by atoms with van der Waals surface area (Å²) in [5, 5.41) is 15.5. The van der Waals surface area contributed by atoms with Gasteiger partial charge in [0.15, 0.2) is 0 Å². The second-order valence-corrected chi connectivity index (χ2v) is 33.4. The molecule has 12 aromatic rings. The van der Waals surface area contributed by atoms with Gasteiger partial charge in [0.1, 0.15) is 23.0 Å². The maximum Gasteiger partial charge on any atom is 0.126 e. The topological polar surface area (TPSA) is 36.9 Å². The van der Waals surface area contributed by atoms with Gasteiger partial charge in [-0.25, -0.2) is 0 Å². The first kappa shape index (κ1) is 66.2. The van der Waals surface area contributed by atoms with Gasteiger partial charge in [-0.15, -0.1) is 0 Å². The zero-order valence-electron chi connectivity index (χ0n) is 55.6. The van der Waals surface area contributed by atoms with Crippen molar-refractivity contribution in [3.8, 4) is 23.0 Å². The lowest BCUT2D eigenvalue weighted by molar-refractivity contribution is 0.305. The first-order chi connectivity index (χ1) is 47.5. The van der Waals surface area contributed by atoms with Crippen molar-refractivity contribution in [3.63, 3.8) is 0 Å². The summed E-state index contributed by atoms with van der Waals surface area (Å²) < 4.78 is 29.8. The van der Waals surface area contributed by atoms with E-state index >= 15 is 0 Å². The molecule has 0 saturated carbocycles. The van der Waals surface area contributed by atoms with Crippen LogP contribution in [0.4, 0.5) is 0 Å². The molecule has 0 aromatic heterocycles. The van der Waals surface area contributed by atoms with E-state index in [-0.39, 0.29) is 0 Å². The number of ether oxygens (including phenoxy) is 4. The van der Waals surface area contributed by atoms with Crippen LogP contribution in [0.15, 0.2) is 291 Å². The molecule has 12 aromatic carbocycles. The van der Waals surface area contributed by atoms with Crippen molar-refractivity contribution < 1.29 is 18.9 Å². The molecule has 0 heterocycles. The van der Waals surface area contributed by atoms with Gasteiger partial charge in [0, 0.05) is 25.7 Å². The van der Waals surface area contributed by atoms with E-state index in [9.17, 15) is 0 Å². The Labute approximate surface area is 574 Å². The Hall–Kier alpha value is -8.44. The molecule has 0 saturated heterocycles. The van der Waals surface area contributed by atoms with Crippen LogP contribution in [0.25, 0.3) is 0 Å². The maximum atomic E-state index is 7.44. The van der Waals surface area contributed by atoms with E-state index in [1.807, 2.05) is 0 Å². The van der Waals surface area contributed by atoms with Crippen molar-refractivity contribution in [3.05, 3.63) is 336 Å². The molecular weight excluding hydrogens is 1240 g/mol. The monoisotopic (exact) mass is 1330 g/mol. The normalized spacial score (nSPS) is 12.1. The van der Waals surface area contributed by atoms with Gasteiger partial charge in [0.2, 0.25) is 0 Å². The lowest BCUT2D eigenvalue weighted by Gasteiger charge is -2.28. The van der Waals surface area contributed by atoms with Gasteiger partial charge in [-0.3, -0.25) is 0 Å². The first-order valence-corrected chi connectivity index (χ1v) is 39.6. The second kappa shape index (κ2) is 32.5. The molecule has 8 bridgehead atoms. The smallest absolute Gasteiger partial charge is 0.126 e. The largest absolute Gasteiger partial charge is 0.493 e. The van der Waals surface area contributed by atoms with Gasteiger partial charge in [-0.2, -0.15) is 0 Å². The number of hydrogen-bond acceptors (Lipinski definition) is 4. The van der Waals surface area contributed by atoms with E-state index in [2.05, 4.69) is 319 Å². The first-order valence-electron chi connectivity index (χ1n) is 34.2. The van der Waals surface area contributed by atoms with Gasteiger partial charge in [-0.05, 0) is 214 Å². The van der Waals surface area contributed by atoms with Crippen LogP contribution < -0.4 is 82.6 Å². The van der Waals surface area contributed by atoms with Crippen LogP contribution in [0.5, 0.6) is 23.0 Å². The highest BCUT2D eigenvalue weighted by Crippen LogP contribution is 2.46. The standard InChI is InChI=1S/C88H84O4P4/c1-5-49-89-85-65-53-67-59-82(94(75-37-21-11-22-38-75)76-39-23-12-24-40-76)61-69(86(67)90-50-6-2)55-71-63-84(96(79-45-29-15-30-46-79)80-47-31-16-32-48-80)64-72(88(71)92-52-8-4)56-70-62-83(95(77-41-25-13-26-42-77)78-43-27-14-28-44-78)60-68(87(70)91-51-7-3)54-66(85)58-81(57-65)93(73-33-17-9-18-34-73)74-35-19-10-20-36-74/h9-48,57-64H,5-8,49-56H2,1-4H3. The molecular formula is C88H84O4P4. The Morgan fingerprint density at radius 2 is 0.333 bits per heavy atom. The summed E-state index contributed by atoms with van der Waals surface area (Å²) in [6.45, 7) is 11.1. The van der Waals surface area contributed by atoms with Crippen molar-refractivity contribution >= 4 is 95.3 Å². The van der Waals surface area contributed by atoms with Crippen molar-refractivity contribution in [2.75, 3.05) is 26.4 Å². The quantitative estimate of drug-likeness (QED) is 0.0565. The molecule has 0 fully saturated rings. The van der Waals surface area contributed by atoms with Crippen molar-refractivity contribution in [2.24, 2.45) is 0 Å². The minimum absolute atomic E-state index is 0.563. The Balaban J connectivity index is 1.18. The van der Waals surface area contributed by atoms with Crippen LogP contribution in [0.1, 0.15) is 97.9 Å². The highest BCUT2D eigenvalue weighted by molar-refractivity contribution is 7.81. The summed E-state index contributed by atoms with van der Waals surface area (Å²) in [7, 11) is -4.23. The predicted octanol–water partition coefficient (Wildman–Crippen LogP) is 16.6. The van der Waals surface area contributed by atoms with Gasteiger partial charge in [-0.1, -0.05) is 270 Å². The number of benzene rings is 12. The van der Waals surface area contributed by atoms with E-state index in [0.29, 0.717) is 52.1 Å². The predicted molar refractivity (Wildman–Crippen MR) is 415 cm³/mol. The van der Waals surface area contributed by atoms with Crippen LogP contribution in [0.2, 0.25) is 0 Å². The third kappa shape index (κ3) is 15.4. The zero-order chi connectivity index (χ0) is 65.4. The minimum atomic E-state index is -1.06. The number of rotatable bonds is 24. The molecule has 0 N–H and O–H groups in total. The van der Waals surface area contributed by atoms with E-state index in [0.717, 1.165) is 93.2 Å². The molecule has 1 aliphatic rings. The fourth-order valence-electron chi connectivity index (χ4n) is 13.3. The van der Waals surface area contributed by atoms with Crippen LogP contribution in [-0.2, 0) is 25.7 Å². The van der Waals surface area contributed by atoms with Gasteiger partial charge in [0.05, 0.1) is 26.4 Å². The van der Waals surface area contributed by atoms with E-state index in [4.69, 9.17) is 18.9 Å². The third-order valence-electron chi connectivity index (χ3n) is 17.4. The molecule has 0 unspecified atom stereocenters. The van der Waals surface area contributed by atoms with Gasteiger partial charge < -0.3 is 18.9 Å². The Kier molecular flexibility index (Phi) is 22.4. The summed E-state index contributed by atoms with van der Waals surface area (Å²) in [6.07, 6.45) is 5.67. The van der Waals surface area contributed by atoms with Crippen LogP contribution >= 0.6 is 31.7 Å². The molecule has 4 nitrogen and oxygen atoms in total. The molecule has 13 rings (SSSR count). The lowest BCUT2D eigenvalue weighted by atomic mass is 9.91. The van der Waals surface area contributed by atoms with Crippen LogP contribution in [0, 0.1) is 0 Å². The highest BCUT2D eigenvalue weighted by atomic mass is 31.1. The summed E-state index contributed by atoms with van der Waals surface area (Å²) >= 11 is 0. The van der Waals surface area contributed by atoms with E-state index in [1.54, 1.807) is 0 Å². The number of hydrogen-bond donors (Lipinski definition) is 0. The average molecular weight is 1330 g/mol. The summed E-state index contributed by atoms with van der Waals surface area (Å²) in [5.41, 5.74) is 9.16. The Bertz CT molecular complexity index is 3640. The van der Waals surface area contributed by atoms with E-state index < -0.39 is 31.7 Å². The van der Waals surface area contributed by atoms with Crippen molar-refractivity contribution in [2.45, 2.75) is 79.1 Å². The molecule has 8 heteroatoms. The summed E-state index contributed by atoms with van der Waals surface area (Å²) in [5.74, 6) is 3.75. The maximum absolute atomic E-state index is 7.44. The number of fused-ring (bicyclic) bond motifs is 8. The minimum Gasteiger partial charge on any atom is -0.493 e. The molecule has 0 aliphatic heterocycles. The lowest BCUT2D eigenvalue weighted by Crippen LogP contribution is -2.24. The molecule has 480 valence electrons. The molecule has 0 amide bonds. The zero-order valence-corrected chi connectivity index (χ0v) is 59.2. The Morgan fingerprint density at radius 1 is 0.198 bits per heavy atom. The molecule has 0 spiro atoms. The van der Waals surface area contributed by atoms with E-state index in [1.165, 1.54) is 63.7 Å². The molecule has 0 radical (unpaired) electrons. The van der Waals surface area contributed by atoms with Crippen LogP contribution in [-0.4, -0.2) is 26.4 Å². The summed E-state index contributed by atoms with van der Waals surface area (Å²) in [4.78, 5) is 0. The van der Waals surface area contributed by atoms with Gasteiger partial charge >= 0.3 is 0 Å². The summed E-state index contributed by atoms with van der Waals surface area (Å²) in [6, 6.07) is 110. The van der Waals surface area contributed by atoms with Gasteiger partial charge in [0.25, 0.3) is 0 Å². The highest BCUT2D eigenvalue weighted by Gasteiger charge is 2.31. The van der Waals surface area contributed by atoms with Crippen molar-refractivity contribution in [1.29, 1.82) is 0 Å². The molecule has 96 heavy (non-hydrogen) atoms. The second-order valence-electron chi connectivity index (χ2n) is 24.5. The van der Waals surface area contributed by atoms with Crippen LogP contribution in [0.3, 0.4) is 0 Å². The fraction of sp³-hybridized carbons (Fsp3) is 0.182. The van der Waals surface area contributed by atoms with Crippen molar-refractivity contribution in [1.82, 2.24) is 0 Å².